The van der Waals surface area contributed by atoms with E-state index in [0.717, 1.165) is 37.9 Å². The third kappa shape index (κ3) is 3.46. The second-order valence-corrected chi connectivity index (χ2v) is 8.50. The van der Waals surface area contributed by atoms with Gasteiger partial charge in [-0.1, -0.05) is 6.07 Å². The summed E-state index contributed by atoms with van der Waals surface area (Å²) in [7, 11) is 1.89. The maximum Gasteiger partial charge on any atom is 0.147 e. The fraction of sp³-hybridized carbons (Fsp3) is 0.545. The van der Waals surface area contributed by atoms with Crippen molar-refractivity contribution in [2.75, 3.05) is 25.2 Å². The van der Waals surface area contributed by atoms with Crippen LogP contribution in [0.2, 0.25) is 0 Å². The first kappa shape index (κ1) is 18.8. The Balaban J connectivity index is 1.33. The number of alkyl halides is 1. The topological polar surface area (TPSA) is 70.5 Å². The lowest BCUT2D eigenvalue weighted by atomic mass is 9.96. The third-order valence-electron chi connectivity index (χ3n) is 6.75. The maximum atomic E-state index is 14.8. The van der Waals surface area contributed by atoms with Gasteiger partial charge in [-0.05, 0) is 43.4 Å². The first-order chi connectivity index (χ1) is 14.1. The van der Waals surface area contributed by atoms with Gasteiger partial charge in [0.15, 0.2) is 0 Å². The molecule has 29 heavy (non-hydrogen) atoms. The van der Waals surface area contributed by atoms with Gasteiger partial charge in [-0.25, -0.2) is 9.37 Å². The minimum atomic E-state index is -0.906. The maximum absolute atomic E-state index is 14.8. The van der Waals surface area contributed by atoms with E-state index >= 15 is 0 Å². The molecule has 4 heterocycles. The number of aromatic nitrogens is 2. The van der Waals surface area contributed by atoms with E-state index in [1.165, 1.54) is 0 Å². The lowest BCUT2D eigenvalue weighted by molar-refractivity contribution is 0.176. The Hall–Kier alpha value is -2.25. The first-order valence-corrected chi connectivity index (χ1v) is 10.5. The summed E-state index contributed by atoms with van der Waals surface area (Å²) in [4.78, 5) is 10.9. The quantitative estimate of drug-likeness (QED) is 0.825. The molecule has 2 aromatic rings. The summed E-state index contributed by atoms with van der Waals surface area (Å²) in [5, 5.41) is 13.9. The smallest absolute Gasteiger partial charge is 0.147 e. The van der Waals surface area contributed by atoms with Crippen molar-refractivity contribution in [2.45, 2.75) is 55.9 Å². The van der Waals surface area contributed by atoms with Gasteiger partial charge >= 0.3 is 0 Å². The van der Waals surface area contributed by atoms with Gasteiger partial charge in [0.05, 0.1) is 30.7 Å². The van der Waals surface area contributed by atoms with Gasteiger partial charge in [-0.3, -0.25) is 4.98 Å². The highest BCUT2D eigenvalue weighted by atomic mass is 19.1. The number of nitrogens with one attached hydrogen (secondary N) is 1. The van der Waals surface area contributed by atoms with E-state index in [1.54, 1.807) is 18.5 Å². The molecule has 1 aromatic heterocycles. The largest absolute Gasteiger partial charge is 0.507 e. The molecule has 5 atom stereocenters. The van der Waals surface area contributed by atoms with Gasteiger partial charge in [-0.15, -0.1) is 0 Å². The molecule has 2 N–H and O–H groups in total. The average molecular weight is 398 g/mol. The molecule has 3 aliphatic rings. The van der Waals surface area contributed by atoms with Crippen LogP contribution in [0.15, 0.2) is 30.6 Å². The number of phenolic OH excluding ortho intramolecular Hbond substituents is 1. The Bertz CT molecular complexity index is 872. The van der Waals surface area contributed by atoms with Crippen molar-refractivity contribution in [1.29, 1.82) is 0 Å². The fourth-order valence-corrected chi connectivity index (χ4v) is 4.98. The molecule has 1 unspecified atom stereocenters. The summed E-state index contributed by atoms with van der Waals surface area (Å²) in [6.45, 7) is 1.47. The molecule has 3 aliphatic heterocycles. The van der Waals surface area contributed by atoms with Crippen molar-refractivity contribution in [3.63, 3.8) is 0 Å². The molecule has 154 valence electrons. The molecule has 5 rings (SSSR count). The fourth-order valence-electron chi connectivity index (χ4n) is 4.98. The van der Waals surface area contributed by atoms with Crippen LogP contribution in [0, 0.1) is 0 Å². The SMILES string of the molecule is CN(c1cnc(-c2ccc([C@H]3CCOC3)cc2O)cn1)[C@@H]1CC2CC[C@H](N2)[C@@H]1F. The Labute approximate surface area is 170 Å². The number of anilines is 1. The summed E-state index contributed by atoms with van der Waals surface area (Å²) < 4.78 is 20.3. The van der Waals surface area contributed by atoms with Crippen LogP contribution in [0.1, 0.15) is 37.2 Å². The molecule has 0 aliphatic carbocycles. The second kappa shape index (κ2) is 7.54. The summed E-state index contributed by atoms with van der Waals surface area (Å²) in [6, 6.07) is 5.87. The van der Waals surface area contributed by atoms with E-state index in [1.807, 2.05) is 24.1 Å². The van der Waals surface area contributed by atoms with Crippen molar-refractivity contribution < 1.29 is 14.2 Å². The summed E-state index contributed by atoms with van der Waals surface area (Å²) in [6.07, 6.45) is 6.13. The van der Waals surface area contributed by atoms with Gasteiger partial charge in [0.25, 0.3) is 0 Å². The van der Waals surface area contributed by atoms with E-state index in [0.29, 0.717) is 35.6 Å². The molecule has 3 saturated heterocycles. The lowest BCUT2D eigenvalue weighted by Crippen LogP contribution is -2.55. The van der Waals surface area contributed by atoms with Crippen LogP contribution in [-0.2, 0) is 4.74 Å². The summed E-state index contributed by atoms with van der Waals surface area (Å²) in [5.74, 6) is 1.19. The van der Waals surface area contributed by atoms with Crippen molar-refractivity contribution in [3.8, 4) is 17.0 Å². The number of hydrogen-bond donors (Lipinski definition) is 2. The van der Waals surface area contributed by atoms with Gasteiger partial charge in [-0.2, -0.15) is 0 Å². The molecular weight excluding hydrogens is 371 g/mol. The second-order valence-electron chi connectivity index (χ2n) is 8.50. The van der Waals surface area contributed by atoms with Gasteiger partial charge in [0.2, 0.25) is 0 Å². The molecule has 0 amide bonds. The molecule has 2 bridgehead atoms. The highest BCUT2D eigenvalue weighted by Crippen LogP contribution is 2.35. The highest BCUT2D eigenvalue weighted by Gasteiger charge is 2.43. The monoisotopic (exact) mass is 398 g/mol. The van der Waals surface area contributed by atoms with Crippen molar-refractivity contribution in [3.05, 3.63) is 36.2 Å². The number of ether oxygens (including phenoxy) is 1. The lowest BCUT2D eigenvalue weighted by Gasteiger charge is -2.38. The minimum absolute atomic E-state index is 0.0471. The standard InChI is InChI=1S/C22H27FN4O2/c1-27(19-9-15-3-5-17(26-15)22(19)23)21-11-24-18(10-25-21)16-4-2-13(8-20(16)28)14-6-7-29-12-14/h2,4,8,10-11,14-15,17,19,22,26,28H,3,5-7,9,12H2,1H3/t14-,15?,17-,19+,22-/m0/s1. The van der Waals surface area contributed by atoms with Crippen molar-refractivity contribution in [2.24, 2.45) is 0 Å². The van der Waals surface area contributed by atoms with Crippen LogP contribution in [0.5, 0.6) is 5.75 Å². The molecular formula is C22H27FN4O2. The number of halogens is 1. The van der Waals surface area contributed by atoms with Crippen LogP contribution < -0.4 is 10.2 Å². The zero-order chi connectivity index (χ0) is 20.0. The Morgan fingerprint density at radius 1 is 1.21 bits per heavy atom. The molecule has 0 radical (unpaired) electrons. The highest BCUT2D eigenvalue weighted by molar-refractivity contribution is 5.67. The Morgan fingerprint density at radius 2 is 2.10 bits per heavy atom. The number of fused-ring (bicyclic) bond motifs is 2. The Kier molecular flexibility index (Phi) is 4.87. The van der Waals surface area contributed by atoms with E-state index in [9.17, 15) is 9.50 Å². The van der Waals surface area contributed by atoms with Crippen LogP contribution in [-0.4, -0.2) is 59.6 Å². The van der Waals surface area contributed by atoms with Gasteiger partial charge < -0.3 is 20.1 Å². The van der Waals surface area contributed by atoms with E-state index in [-0.39, 0.29) is 17.8 Å². The summed E-state index contributed by atoms with van der Waals surface area (Å²) >= 11 is 0. The number of rotatable bonds is 4. The molecule has 3 fully saturated rings. The van der Waals surface area contributed by atoms with Crippen molar-refractivity contribution >= 4 is 5.82 Å². The predicted octanol–water partition coefficient (Wildman–Crippen LogP) is 3.02. The number of nitrogens with zero attached hydrogens (tertiary/aromatic N) is 3. The van der Waals surface area contributed by atoms with Crippen LogP contribution in [0.3, 0.4) is 0 Å². The number of piperidine rings is 1. The zero-order valence-corrected chi connectivity index (χ0v) is 16.6. The number of phenols is 1. The van der Waals surface area contributed by atoms with E-state index in [4.69, 9.17) is 4.74 Å². The van der Waals surface area contributed by atoms with E-state index < -0.39 is 6.17 Å². The summed E-state index contributed by atoms with van der Waals surface area (Å²) in [5.41, 5.74) is 2.34. The van der Waals surface area contributed by atoms with Gasteiger partial charge in [0, 0.05) is 37.2 Å². The normalized spacial score (nSPS) is 31.2. The van der Waals surface area contributed by atoms with Crippen LogP contribution >= 0.6 is 0 Å². The number of aromatic hydroxyl groups is 1. The molecule has 7 heteroatoms. The minimum Gasteiger partial charge on any atom is -0.507 e. The Morgan fingerprint density at radius 3 is 2.83 bits per heavy atom. The van der Waals surface area contributed by atoms with Crippen LogP contribution in [0.4, 0.5) is 10.2 Å². The first-order valence-electron chi connectivity index (χ1n) is 10.5. The zero-order valence-electron chi connectivity index (χ0n) is 16.6. The molecule has 6 nitrogen and oxygen atoms in total. The van der Waals surface area contributed by atoms with E-state index in [2.05, 4.69) is 15.3 Å². The van der Waals surface area contributed by atoms with Gasteiger partial charge in [0.1, 0.15) is 17.7 Å². The number of hydrogen-bond acceptors (Lipinski definition) is 6. The molecule has 0 spiro atoms. The van der Waals surface area contributed by atoms with Crippen LogP contribution in [0.25, 0.3) is 11.3 Å². The molecule has 1 aromatic carbocycles. The average Bonchev–Trinajstić information content (AvgIpc) is 3.41. The number of benzene rings is 1. The predicted molar refractivity (Wildman–Crippen MR) is 109 cm³/mol. The van der Waals surface area contributed by atoms with Crippen molar-refractivity contribution in [1.82, 2.24) is 15.3 Å². The molecule has 0 saturated carbocycles. The third-order valence-corrected chi connectivity index (χ3v) is 6.75.